The van der Waals surface area contributed by atoms with Gasteiger partial charge in [0.25, 0.3) is 0 Å². The van der Waals surface area contributed by atoms with Gasteiger partial charge in [0.1, 0.15) is 0 Å². The standard InChI is InChI=1S/C12H18N2/c1-9-10(5-3-6-11(9)13)12-7-4-8-14(12)2/h3,5-6,12H,4,7-8,13H2,1-2H3. The maximum atomic E-state index is 5.92. The molecule has 0 radical (unpaired) electrons. The molecule has 2 N–H and O–H groups in total. The van der Waals surface area contributed by atoms with E-state index < -0.39 is 0 Å². The van der Waals surface area contributed by atoms with Crippen LogP contribution in [0.3, 0.4) is 0 Å². The Morgan fingerprint density at radius 2 is 2.21 bits per heavy atom. The van der Waals surface area contributed by atoms with E-state index in [2.05, 4.69) is 31.0 Å². The van der Waals surface area contributed by atoms with Crippen LogP contribution in [-0.4, -0.2) is 18.5 Å². The highest BCUT2D eigenvalue weighted by Crippen LogP contribution is 2.33. The van der Waals surface area contributed by atoms with Gasteiger partial charge in [0.15, 0.2) is 0 Å². The van der Waals surface area contributed by atoms with E-state index in [4.69, 9.17) is 5.73 Å². The Morgan fingerprint density at radius 3 is 2.86 bits per heavy atom. The van der Waals surface area contributed by atoms with Gasteiger partial charge in [-0.1, -0.05) is 12.1 Å². The Kier molecular flexibility index (Phi) is 2.46. The molecular weight excluding hydrogens is 172 g/mol. The molecule has 0 spiro atoms. The zero-order valence-corrected chi connectivity index (χ0v) is 8.96. The molecule has 0 aromatic heterocycles. The number of benzene rings is 1. The molecular formula is C12H18N2. The number of rotatable bonds is 1. The van der Waals surface area contributed by atoms with Gasteiger partial charge < -0.3 is 5.73 Å². The van der Waals surface area contributed by atoms with Crippen molar-refractivity contribution in [2.45, 2.75) is 25.8 Å². The van der Waals surface area contributed by atoms with Crippen molar-refractivity contribution < 1.29 is 0 Å². The molecule has 1 aliphatic rings. The van der Waals surface area contributed by atoms with Crippen molar-refractivity contribution in [1.29, 1.82) is 0 Å². The van der Waals surface area contributed by atoms with E-state index in [-0.39, 0.29) is 0 Å². The first-order valence-electron chi connectivity index (χ1n) is 5.25. The lowest BCUT2D eigenvalue weighted by molar-refractivity contribution is 0.316. The van der Waals surface area contributed by atoms with Crippen molar-refractivity contribution >= 4 is 5.69 Å². The number of nitrogens with two attached hydrogens (primary N) is 1. The fourth-order valence-corrected chi connectivity index (χ4v) is 2.34. The fraction of sp³-hybridized carbons (Fsp3) is 0.500. The fourth-order valence-electron chi connectivity index (χ4n) is 2.34. The van der Waals surface area contributed by atoms with Crippen LogP contribution in [0.5, 0.6) is 0 Å². The van der Waals surface area contributed by atoms with Crippen LogP contribution in [-0.2, 0) is 0 Å². The lowest BCUT2D eigenvalue weighted by Gasteiger charge is -2.22. The molecule has 2 heteroatoms. The van der Waals surface area contributed by atoms with Crippen molar-refractivity contribution in [3.8, 4) is 0 Å². The second-order valence-corrected chi connectivity index (χ2v) is 4.20. The van der Waals surface area contributed by atoms with Gasteiger partial charge >= 0.3 is 0 Å². The molecule has 14 heavy (non-hydrogen) atoms. The van der Waals surface area contributed by atoms with Gasteiger partial charge in [0.05, 0.1) is 0 Å². The van der Waals surface area contributed by atoms with E-state index in [1.54, 1.807) is 0 Å². The van der Waals surface area contributed by atoms with Gasteiger partial charge in [-0.3, -0.25) is 4.90 Å². The minimum Gasteiger partial charge on any atom is -0.399 e. The maximum absolute atomic E-state index is 5.92. The largest absolute Gasteiger partial charge is 0.399 e. The number of anilines is 1. The molecule has 1 aliphatic heterocycles. The van der Waals surface area contributed by atoms with Crippen LogP contribution in [0.15, 0.2) is 18.2 Å². The van der Waals surface area contributed by atoms with Crippen molar-refractivity contribution in [3.05, 3.63) is 29.3 Å². The quantitative estimate of drug-likeness (QED) is 0.689. The molecule has 1 aromatic carbocycles. The first-order chi connectivity index (χ1) is 6.70. The monoisotopic (exact) mass is 190 g/mol. The zero-order chi connectivity index (χ0) is 10.1. The Morgan fingerprint density at radius 1 is 1.43 bits per heavy atom. The highest BCUT2D eigenvalue weighted by Gasteiger charge is 2.23. The maximum Gasteiger partial charge on any atom is 0.0348 e. The summed E-state index contributed by atoms with van der Waals surface area (Å²) in [7, 11) is 2.19. The highest BCUT2D eigenvalue weighted by atomic mass is 15.1. The summed E-state index contributed by atoms with van der Waals surface area (Å²) in [4.78, 5) is 2.42. The molecule has 0 saturated carbocycles. The summed E-state index contributed by atoms with van der Waals surface area (Å²) >= 11 is 0. The van der Waals surface area contributed by atoms with Crippen molar-refractivity contribution in [1.82, 2.24) is 4.90 Å². The zero-order valence-electron chi connectivity index (χ0n) is 8.96. The van der Waals surface area contributed by atoms with E-state index in [0.29, 0.717) is 6.04 Å². The highest BCUT2D eigenvalue weighted by molar-refractivity contribution is 5.51. The Hall–Kier alpha value is -1.02. The smallest absolute Gasteiger partial charge is 0.0348 e. The summed E-state index contributed by atoms with van der Waals surface area (Å²) in [5.41, 5.74) is 9.50. The summed E-state index contributed by atoms with van der Waals surface area (Å²) in [5.74, 6) is 0. The number of likely N-dealkylation sites (tertiary alicyclic amines) is 1. The van der Waals surface area contributed by atoms with E-state index in [1.807, 2.05) is 6.07 Å². The third-order valence-corrected chi connectivity index (χ3v) is 3.30. The summed E-state index contributed by atoms with van der Waals surface area (Å²) in [6.07, 6.45) is 2.57. The Bertz CT molecular complexity index is 333. The summed E-state index contributed by atoms with van der Waals surface area (Å²) in [6.45, 7) is 3.33. The third kappa shape index (κ3) is 1.50. The average molecular weight is 190 g/mol. The number of nitrogen functional groups attached to an aromatic ring is 1. The number of hydrogen-bond donors (Lipinski definition) is 1. The Labute approximate surface area is 85.7 Å². The van der Waals surface area contributed by atoms with E-state index in [1.165, 1.54) is 30.5 Å². The van der Waals surface area contributed by atoms with Crippen LogP contribution in [0.25, 0.3) is 0 Å². The Balaban J connectivity index is 2.36. The predicted molar refractivity (Wildman–Crippen MR) is 60.2 cm³/mol. The van der Waals surface area contributed by atoms with Crippen molar-refractivity contribution in [3.63, 3.8) is 0 Å². The summed E-state index contributed by atoms with van der Waals surface area (Å²) in [6, 6.07) is 6.83. The predicted octanol–water partition coefficient (Wildman–Crippen LogP) is 2.34. The van der Waals surface area contributed by atoms with Crippen LogP contribution in [0, 0.1) is 6.92 Å². The molecule has 0 bridgehead atoms. The molecule has 2 nitrogen and oxygen atoms in total. The van der Waals surface area contributed by atoms with Gasteiger partial charge in [0, 0.05) is 11.7 Å². The summed E-state index contributed by atoms with van der Waals surface area (Å²) in [5, 5.41) is 0. The molecule has 0 aliphatic carbocycles. The van der Waals surface area contributed by atoms with Crippen LogP contribution >= 0.6 is 0 Å². The second-order valence-electron chi connectivity index (χ2n) is 4.20. The van der Waals surface area contributed by atoms with E-state index in [9.17, 15) is 0 Å². The van der Waals surface area contributed by atoms with Gasteiger partial charge in [-0.25, -0.2) is 0 Å². The normalized spacial score (nSPS) is 22.9. The van der Waals surface area contributed by atoms with E-state index in [0.717, 1.165) is 5.69 Å². The van der Waals surface area contributed by atoms with Crippen LogP contribution in [0.1, 0.15) is 30.0 Å². The molecule has 2 rings (SSSR count). The molecule has 76 valence electrons. The first-order valence-corrected chi connectivity index (χ1v) is 5.25. The van der Waals surface area contributed by atoms with Gasteiger partial charge in [-0.15, -0.1) is 0 Å². The first kappa shape index (κ1) is 9.53. The minimum absolute atomic E-state index is 0.582. The molecule has 1 unspecified atom stereocenters. The van der Waals surface area contributed by atoms with Crippen LogP contribution in [0.2, 0.25) is 0 Å². The minimum atomic E-state index is 0.582. The van der Waals surface area contributed by atoms with Gasteiger partial charge in [0.2, 0.25) is 0 Å². The third-order valence-electron chi connectivity index (χ3n) is 3.30. The molecule has 1 saturated heterocycles. The SMILES string of the molecule is Cc1c(N)cccc1C1CCCN1C. The average Bonchev–Trinajstić information content (AvgIpc) is 2.57. The number of hydrogen-bond acceptors (Lipinski definition) is 2. The second kappa shape index (κ2) is 3.62. The molecule has 1 heterocycles. The number of nitrogens with zero attached hydrogens (tertiary/aromatic N) is 1. The molecule has 1 atom stereocenters. The van der Waals surface area contributed by atoms with Gasteiger partial charge in [-0.2, -0.15) is 0 Å². The lowest BCUT2D eigenvalue weighted by atomic mass is 9.98. The van der Waals surface area contributed by atoms with Crippen LogP contribution < -0.4 is 5.73 Å². The molecule has 1 fully saturated rings. The van der Waals surface area contributed by atoms with Crippen LogP contribution in [0.4, 0.5) is 5.69 Å². The summed E-state index contributed by atoms with van der Waals surface area (Å²) < 4.78 is 0. The molecule has 1 aromatic rings. The van der Waals surface area contributed by atoms with Crippen molar-refractivity contribution in [2.24, 2.45) is 0 Å². The van der Waals surface area contributed by atoms with Gasteiger partial charge in [-0.05, 0) is 50.6 Å². The van der Waals surface area contributed by atoms with E-state index >= 15 is 0 Å². The molecule has 0 amide bonds. The van der Waals surface area contributed by atoms with Crippen molar-refractivity contribution in [2.75, 3.05) is 19.3 Å². The topological polar surface area (TPSA) is 29.3 Å². The lowest BCUT2D eigenvalue weighted by Crippen LogP contribution is -2.18.